The number of hydrogen-bond acceptors (Lipinski definition) is 5. The molecule has 0 aromatic carbocycles. The summed E-state index contributed by atoms with van der Waals surface area (Å²) in [5, 5.41) is 23.6. The lowest BCUT2D eigenvalue weighted by Crippen LogP contribution is -2.46. The largest absolute Gasteiger partial charge is 0.458 e. The number of hydrogen-bond donors (Lipinski definition) is 3. The van der Waals surface area contributed by atoms with E-state index in [-0.39, 0.29) is 24.9 Å². The summed E-state index contributed by atoms with van der Waals surface area (Å²) in [5.41, 5.74) is 0. The average molecular weight is 810 g/mol. The van der Waals surface area contributed by atoms with Crippen LogP contribution in [-0.4, -0.2) is 46.9 Å². The fraction of sp³-hybridized carbons (Fsp3) is 0.731. The lowest BCUT2D eigenvalue weighted by Gasteiger charge is -2.23. The number of aliphatic hydroxyl groups is 2. The van der Waals surface area contributed by atoms with Crippen LogP contribution in [-0.2, 0) is 14.3 Å². The van der Waals surface area contributed by atoms with Crippen LogP contribution in [0.4, 0.5) is 0 Å². The summed E-state index contributed by atoms with van der Waals surface area (Å²) in [7, 11) is 0. The van der Waals surface area contributed by atoms with Gasteiger partial charge in [0, 0.05) is 6.42 Å². The Balaban J connectivity index is 4.79. The van der Waals surface area contributed by atoms with Crippen LogP contribution in [0.5, 0.6) is 0 Å². The summed E-state index contributed by atoms with van der Waals surface area (Å²) >= 11 is 0. The van der Waals surface area contributed by atoms with Crippen molar-refractivity contribution in [1.29, 1.82) is 0 Å². The molecule has 1 amide bonds. The number of carbonyl (C=O) groups excluding carboxylic acids is 2. The third-order valence-corrected chi connectivity index (χ3v) is 10.5. The van der Waals surface area contributed by atoms with Crippen LogP contribution in [0.3, 0.4) is 0 Å². The maximum absolute atomic E-state index is 13.1. The van der Waals surface area contributed by atoms with E-state index < -0.39 is 18.2 Å². The number of rotatable bonds is 42. The van der Waals surface area contributed by atoms with Crippen LogP contribution >= 0.6 is 0 Å². The number of nitrogens with one attached hydrogen (secondary N) is 1. The molecule has 3 atom stereocenters. The molecule has 0 fully saturated rings. The summed E-state index contributed by atoms with van der Waals surface area (Å²) in [6.45, 7) is 6.30. The normalized spacial score (nSPS) is 13.9. The van der Waals surface area contributed by atoms with Crippen LogP contribution in [0.1, 0.15) is 220 Å². The van der Waals surface area contributed by atoms with Crippen molar-refractivity contribution in [3.05, 3.63) is 72.9 Å². The molecular formula is C52H91NO5. The van der Waals surface area contributed by atoms with Crippen LogP contribution in [0.15, 0.2) is 72.9 Å². The zero-order valence-electron chi connectivity index (χ0n) is 37.9. The van der Waals surface area contributed by atoms with E-state index in [2.05, 4.69) is 86.8 Å². The second-order valence-electron chi connectivity index (χ2n) is 16.1. The quantitative estimate of drug-likeness (QED) is 0.0324. The van der Waals surface area contributed by atoms with E-state index in [4.69, 9.17) is 4.74 Å². The molecule has 0 aliphatic carbocycles. The van der Waals surface area contributed by atoms with E-state index in [1.807, 2.05) is 6.08 Å². The summed E-state index contributed by atoms with van der Waals surface area (Å²) in [6.07, 6.45) is 57.1. The molecule has 6 nitrogen and oxygen atoms in total. The number of ether oxygens (including phenoxy) is 1. The van der Waals surface area contributed by atoms with Gasteiger partial charge in [-0.2, -0.15) is 0 Å². The fourth-order valence-electron chi connectivity index (χ4n) is 6.86. The molecule has 3 unspecified atom stereocenters. The Labute approximate surface area is 358 Å². The Morgan fingerprint density at radius 3 is 1.45 bits per heavy atom. The Hall–Kier alpha value is -2.70. The highest BCUT2D eigenvalue weighted by molar-refractivity contribution is 5.78. The molecule has 0 aliphatic rings. The molecule has 0 radical (unpaired) electrons. The molecule has 0 heterocycles. The van der Waals surface area contributed by atoms with Gasteiger partial charge in [0.2, 0.25) is 5.91 Å². The van der Waals surface area contributed by atoms with Gasteiger partial charge in [0.1, 0.15) is 6.10 Å². The van der Waals surface area contributed by atoms with Crippen molar-refractivity contribution in [2.75, 3.05) is 6.61 Å². The summed E-state index contributed by atoms with van der Waals surface area (Å²) in [5.74, 6) is -0.651. The van der Waals surface area contributed by atoms with Crippen molar-refractivity contribution in [2.24, 2.45) is 0 Å². The SMILES string of the molecule is CC/C=C/C/C=C/C/C=C/C/C=C/C/C=C/C(CC(=O)NC(CO)C(O)CCCCCCCCCCCCC)OC(=O)CCCCC/C=C\CCCCCCCCC. The van der Waals surface area contributed by atoms with Gasteiger partial charge in [0.05, 0.1) is 25.2 Å². The number of allylic oxidation sites excluding steroid dienone is 11. The van der Waals surface area contributed by atoms with E-state index >= 15 is 0 Å². The van der Waals surface area contributed by atoms with E-state index in [1.54, 1.807) is 6.08 Å². The first-order chi connectivity index (χ1) is 28.5. The lowest BCUT2D eigenvalue weighted by atomic mass is 10.0. The zero-order valence-corrected chi connectivity index (χ0v) is 37.9. The highest BCUT2D eigenvalue weighted by Crippen LogP contribution is 2.15. The predicted molar refractivity (Wildman–Crippen MR) is 250 cm³/mol. The Morgan fingerprint density at radius 2 is 0.966 bits per heavy atom. The van der Waals surface area contributed by atoms with Gasteiger partial charge >= 0.3 is 5.97 Å². The lowest BCUT2D eigenvalue weighted by molar-refractivity contribution is -0.148. The number of unbranched alkanes of at least 4 members (excludes halogenated alkanes) is 20. The maximum Gasteiger partial charge on any atom is 0.306 e. The number of amides is 1. The van der Waals surface area contributed by atoms with Gasteiger partial charge in [0.15, 0.2) is 0 Å². The van der Waals surface area contributed by atoms with E-state index in [9.17, 15) is 19.8 Å². The summed E-state index contributed by atoms with van der Waals surface area (Å²) in [6, 6.07) is -0.745. The zero-order chi connectivity index (χ0) is 42.4. The summed E-state index contributed by atoms with van der Waals surface area (Å²) in [4.78, 5) is 26.0. The molecule has 334 valence electrons. The van der Waals surface area contributed by atoms with Gasteiger partial charge in [0.25, 0.3) is 0 Å². The van der Waals surface area contributed by atoms with Crippen LogP contribution in [0, 0.1) is 0 Å². The Kier molecular flexibility index (Phi) is 43.3. The monoisotopic (exact) mass is 810 g/mol. The van der Waals surface area contributed by atoms with Gasteiger partial charge in [-0.1, -0.05) is 203 Å². The molecular weight excluding hydrogens is 719 g/mol. The first-order valence-electron chi connectivity index (χ1n) is 24.2. The van der Waals surface area contributed by atoms with Crippen LogP contribution in [0.2, 0.25) is 0 Å². The first-order valence-corrected chi connectivity index (χ1v) is 24.2. The van der Waals surface area contributed by atoms with Crippen molar-refractivity contribution in [3.63, 3.8) is 0 Å². The Morgan fingerprint density at radius 1 is 0.534 bits per heavy atom. The third kappa shape index (κ3) is 40.1. The van der Waals surface area contributed by atoms with Crippen molar-refractivity contribution in [2.45, 2.75) is 238 Å². The predicted octanol–water partition coefficient (Wildman–Crippen LogP) is 14.2. The number of esters is 1. The molecule has 0 saturated heterocycles. The second kappa shape index (κ2) is 45.4. The number of carbonyl (C=O) groups is 2. The summed E-state index contributed by atoms with van der Waals surface area (Å²) < 4.78 is 5.80. The molecule has 58 heavy (non-hydrogen) atoms. The van der Waals surface area contributed by atoms with Gasteiger partial charge in [-0.15, -0.1) is 0 Å². The smallest absolute Gasteiger partial charge is 0.306 e. The minimum absolute atomic E-state index is 0.0539. The van der Waals surface area contributed by atoms with Crippen LogP contribution < -0.4 is 5.32 Å². The maximum atomic E-state index is 13.1. The molecule has 0 bridgehead atoms. The molecule has 3 N–H and O–H groups in total. The highest BCUT2D eigenvalue weighted by Gasteiger charge is 2.23. The van der Waals surface area contributed by atoms with E-state index in [1.165, 1.54) is 96.3 Å². The highest BCUT2D eigenvalue weighted by atomic mass is 16.5. The molecule has 6 heteroatoms. The Bertz CT molecular complexity index is 1090. The van der Waals surface area contributed by atoms with Crippen molar-refractivity contribution in [3.8, 4) is 0 Å². The first kappa shape index (κ1) is 55.3. The van der Waals surface area contributed by atoms with Gasteiger partial charge in [-0.3, -0.25) is 9.59 Å². The minimum atomic E-state index is -0.822. The van der Waals surface area contributed by atoms with Gasteiger partial charge in [-0.05, 0) is 76.7 Å². The molecule has 0 aromatic rings. The van der Waals surface area contributed by atoms with Gasteiger partial charge in [-0.25, -0.2) is 0 Å². The standard InChI is InChI=1S/C52H91NO5/c1-4-7-10-13-16-19-22-24-26-29-31-34-37-40-43-48(58-52(57)45-42-39-36-33-30-27-25-23-20-17-14-11-8-5-2)46-51(56)53-49(47-54)50(55)44-41-38-35-32-28-21-18-15-12-9-6-3/h7,10,16,19,24,26-27,30-31,34,40,43,48-50,54-55H,4-6,8-9,11-15,17-18,20-23,25,28-29,32-33,35-39,41-42,44-47H2,1-3H3,(H,53,56)/b10-7+,19-16+,26-24+,30-27-,34-31+,43-40+. The molecule has 0 aliphatic heterocycles. The molecule has 0 rings (SSSR count). The van der Waals surface area contributed by atoms with Crippen molar-refractivity contribution < 1.29 is 24.5 Å². The van der Waals surface area contributed by atoms with Crippen molar-refractivity contribution >= 4 is 11.9 Å². The van der Waals surface area contributed by atoms with E-state index in [0.29, 0.717) is 19.3 Å². The fourth-order valence-corrected chi connectivity index (χ4v) is 6.86. The molecule has 0 aromatic heterocycles. The van der Waals surface area contributed by atoms with Crippen LogP contribution in [0.25, 0.3) is 0 Å². The topological polar surface area (TPSA) is 95.9 Å². The molecule has 0 spiro atoms. The third-order valence-electron chi connectivity index (χ3n) is 10.5. The number of aliphatic hydroxyl groups excluding tert-OH is 2. The molecule has 0 saturated carbocycles. The van der Waals surface area contributed by atoms with Gasteiger partial charge < -0.3 is 20.3 Å². The average Bonchev–Trinajstić information content (AvgIpc) is 3.22. The van der Waals surface area contributed by atoms with Crippen molar-refractivity contribution in [1.82, 2.24) is 5.32 Å². The second-order valence-corrected chi connectivity index (χ2v) is 16.1. The van der Waals surface area contributed by atoms with E-state index in [0.717, 1.165) is 77.0 Å². The minimum Gasteiger partial charge on any atom is -0.458 e.